The van der Waals surface area contributed by atoms with Gasteiger partial charge in [0.25, 0.3) is 0 Å². The summed E-state index contributed by atoms with van der Waals surface area (Å²) in [5, 5.41) is 19.1. The fourth-order valence-corrected chi connectivity index (χ4v) is 2.16. The van der Waals surface area contributed by atoms with E-state index in [1.165, 1.54) is 0 Å². The average molecular weight is 262 g/mol. The summed E-state index contributed by atoms with van der Waals surface area (Å²) in [6.07, 6.45) is 2.31. The van der Waals surface area contributed by atoms with Crippen molar-refractivity contribution in [2.24, 2.45) is 21.5 Å². The second-order valence-electron chi connectivity index (χ2n) is 4.49. The molecule has 6 N–H and O–H groups in total. The van der Waals surface area contributed by atoms with Gasteiger partial charge in [-0.25, -0.2) is 0 Å². The Morgan fingerprint density at radius 3 is 2.74 bits per heavy atom. The highest BCUT2D eigenvalue weighted by Crippen LogP contribution is 2.31. The molecule has 0 radical (unpaired) electrons. The van der Waals surface area contributed by atoms with Crippen molar-refractivity contribution in [1.82, 2.24) is 0 Å². The van der Waals surface area contributed by atoms with Gasteiger partial charge in [-0.15, -0.1) is 0 Å². The lowest BCUT2D eigenvalue weighted by atomic mass is 9.94. The predicted octanol–water partition coefficient (Wildman–Crippen LogP) is 0.497. The van der Waals surface area contributed by atoms with Crippen LogP contribution < -0.4 is 11.5 Å². The molecule has 19 heavy (non-hydrogen) atoms. The number of phenolic OH excluding ortho intramolecular Hbond substituents is 2. The number of fused-ring (bicyclic) bond motifs is 1. The Hall–Kier alpha value is -2.24. The lowest BCUT2D eigenvalue weighted by molar-refractivity contribution is 0.403. The molecule has 2 rings (SSSR count). The van der Waals surface area contributed by atoms with Crippen LogP contribution >= 0.6 is 0 Å². The molecule has 0 aromatic heterocycles. The number of hydrogen-bond donors (Lipinski definition) is 4. The van der Waals surface area contributed by atoms with Crippen molar-refractivity contribution >= 4 is 11.7 Å². The van der Waals surface area contributed by atoms with Gasteiger partial charge in [-0.05, 0) is 37.0 Å². The number of aliphatic imine (C=N–C) groups is 2. The zero-order valence-corrected chi connectivity index (χ0v) is 10.6. The molecule has 0 fully saturated rings. The number of rotatable bonds is 4. The predicted molar refractivity (Wildman–Crippen MR) is 74.8 cm³/mol. The average Bonchev–Trinajstić information content (AvgIpc) is 2.36. The van der Waals surface area contributed by atoms with Crippen molar-refractivity contribution in [3.8, 4) is 11.5 Å². The molecule has 0 amide bonds. The molecule has 0 spiro atoms. The molecule has 1 heterocycles. The maximum Gasteiger partial charge on any atom is 0.185 e. The first-order valence-corrected chi connectivity index (χ1v) is 6.22. The molecular weight excluding hydrogens is 244 g/mol. The second kappa shape index (κ2) is 5.60. The van der Waals surface area contributed by atoms with E-state index in [2.05, 4.69) is 9.98 Å². The summed E-state index contributed by atoms with van der Waals surface area (Å²) >= 11 is 0. The third-order valence-corrected chi connectivity index (χ3v) is 3.06. The van der Waals surface area contributed by atoms with Crippen LogP contribution in [0.25, 0.3) is 0 Å². The van der Waals surface area contributed by atoms with E-state index >= 15 is 0 Å². The molecule has 6 heteroatoms. The lowest BCUT2D eigenvalue weighted by Crippen LogP contribution is -2.23. The van der Waals surface area contributed by atoms with Crippen molar-refractivity contribution in [3.05, 3.63) is 23.3 Å². The minimum Gasteiger partial charge on any atom is -0.504 e. The van der Waals surface area contributed by atoms with Gasteiger partial charge < -0.3 is 21.7 Å². The fourth-order valence-electron chi connectivity index (χ4n) is 2.16. The Morgan fingerprint density at radius 2 is 2.00 bits per heavy atom. The van der Waals surface area contributed by atoms with Crippen LogP contribution in [0, 0.1) is 0 Å². The molecule has 0 aliphatic carbocycles. The molecule has 1 aliphatic rings. The van der Waals surface area contributed by atoms with Gasteiger partial charge in [0.05, 0.1) is 0 Å². The van der Waals surface area contributed by atoms with Crippen LogP contribution in [0.4, 0.5) is 0 Å². The number of aromatic hydroxyl groups is 2. The smallest absolute Gasteiger partial charge is 0.185 e. The monoisotopic (exact) mass is 262 g/mol. The number of nitrogens with two attached hydrogens (primary N) is 2. The summed E-state index contributed by atoms with van der Waals surface area (Å²) in [6.45, 7) is 1.26. The van der Waals surface area contributed by atoms with E-state index in [1.807, 2.05) is 0 Å². The number of nitrogens with zero attached hydrogens (tertiary/aromatic N) is 2. The van der Waals surface area contributed by atoms with Gasteiger partial charge in [0.15, 0.2) is 17.5 Å². The second-order valence-corrected chi connectivity index (χ2v) is 4.49. The molecule has 6 nitrogen and oxygen atoms in total. The van der Waals surface area contributed by atoms with Crippen molar-refractivity contribution in [2.75, 3.05) is 13.1 Å². The number of hydrogen-bond acceptors (Lipinski definition) is 4. The Balaban J connectivity index is 2.10. The summed E-state index contributed by atoms with van der Waals surface area (Å²) in [6, 6.07) is 3.18. The van der Waals surface area contributed by atoms with E-state index in [4.69, 9.17) is 11.5 Å². The zero-order valence-electron chi connectivity index (χ0n) is 10.6. The Morgan fingerprint density at radius 1 is 1.26 bits per heavy atom. The van der Waals surface area contributed by atoms with Gasteiger partial charge in [0.1, 0.15) is 0 Å². The largest absolute Gasteiger partial charge is 0.504 e. The van der Waals surface area contributed by atoms with Crippen LogP contribution in [0.5, 0.6) is 11.5 Å². The molecule has 1 aromatic rings. The Kier molecular flexibility index (Phi) is 3.89. The van der Waals surface area contributed by atoms with E-state index in [1.54, 1.807) is 12.1 Å². The van der Waals surface area contributed by atoms with Crippen LogP contribution in [-0.2, 0) is 6.42 Å². The molecule has 0 atom stereocenters. The van der Waals surface area contributed by atoms with E-state index in [-0.39, 0.29) is 17.5 Å². The maximum atomic E-state index is 9.58. The normalized spacial score (nSPS) is 13.6. The first kappa shape index (κ1) is 13.2. The van der Waals surface area contributed by atoms with Gasteiger partial charge >= 0.3 is 0 Å². The van der Waals surface area contributed by atoms with Crippen molar-refractivity contribution in [1.29, 1.82) is 0 Å². The molecule has 0 unspecified atom stereocenters. The van der Waals surface area contributed by atoms with Gasteiger partial charge in [0, 0.05) is 24.4 Å². The highest BCUT2D eigenvalue weighted by molar-refractivity contribution is 6.03. The highest BCUT2D eigenvalue weighted by Gasteiger charge is 2.16. The zero-order chi connectivity index (χ0) is 13.8. The topological polar surface area (TPSA) is 117 Å². The molecule has 0 saturated heterocycles. The summed E-state index contributed by atoms with van der Waals surface area (Å²) in [5.41, 5.74) is 13.4. The van der Waals surface area contributed by atoms with E-state index < -0.39 is 0 Å². The molecule has 1 aliphatic heterocycles. The van der Waals surface area contributed by atoms with Crippen molar-refractivity contribution in [3.63, 3.8) is 0 Å². The van der Waals surface area contributed by atoms with E-state index in [0.717, 1.165) is 36.1 Å². The Bertz CT molecular complexity index is 534. The Labute approximate surface area is 111 Å². The number of phenols is 2. The lowest BCUT2D eigenvalue weighted by Gasteiger charge is -2.17. The van der Waals surface area contributed by atoms with Crippen molar-refractivity contribution in [2.45, 2.75) is 19.3 Å². The van der Waals surface area contributed by atoms with Gasteiger partial charge in [-0.1, -0.05) is 0 Å². The fraction of sp³-hybridized carbons (Fsp3) is 0.385. The van der Waals surface area contributed by atoms with Crippen molar-refractivity contribution < 1.29 is 10.2 Å². The highest BCUT2D eigenvalue weighted by atomic mass is 16.3. The molecule has 0 saturated carbocycles. The van der Waals surface area contributed by atoms with Crippen LogP contribution in [0.1, 0.15) is 24.0 Å². The third kappa shape index (κ3) is 3.15. The number of guanidine groups is 1. The quantitative estimate of drug-likeness (QED) is 0.273. The third-order valence-electron chi connectivity index (χ3n) is 3.06. The summed E-state index contributed by atoms with van der Waals surface area (Å²) in [4.78, 5) is 8.40. The van der Waals surface area contributed by atoms with E-state index in [9.17, 15) is 10.2 Å². The van der Waals surface area contributed by atoms with Crippen LogP contribution in [0.2, 0.25) is 0 Å². The molecular formula is C13H18N4O2. The first-order valence-electron chi connectivity index (χ1n) is 6.22. The standard InChI is InChI=1S/C13H18N4O2/c14-13(15)17-4-1-2-10-9-7-12(19)11(18)6-8(9)3-5-16-10/h6-7,18-19H,1-5H2,(H4,14,15,17). The minimum absolute atomic E-state index is 0.0829. The first-order chi connectivity index (χ1) is 9.08. The van der Waals surface area contributed by atoms with E-state index in [0.29, 0.717) is 13.1 Å². The molecule has 1 aromatic carbocycles. The van der Waals surface area contributed by atoms with Gasteiger partial charge in [0.2, 0.25) is 0 Å². The summed E-state index contributed by atoms with van der Waals surface area (Å²) in [7, 11) is 0. The summed E-state index contributed by atoms with van der Waals surface area (Å²) < 4.78 is 0. The molecule has 0 bridgehead atoms. The maximum absolute atomic E-state index is 9.58. The summed E-state index contributed by atoms with van der Waals surface area (Å²) in [5.74, 6) is -0.105. The SMILES string of the molecule is NC(N)=NCCCC1=NCCc2cc(O)c(O)cc21. The minimum atomic E-state index is -0.113. The van der Waals surface area contributed by atoms with Gasteiger partial charge in [-0.2, -0.15) is 0 Å². The van der Waals surface area contributed by atoms with Gasteiger partial charge in [-0.3, -0.25) is 9.98 Å². The number of benzene rings is 1. The molecule has 102 valence electrons. The van der Waals surface area contributed by atoms with Crippen LogP contribution in [0.15, 0.2) is 22.1 Å². The van der Waals surface area contributed by atoms with Crippen LogP contribution in [0.3, 0.4) is 0 Å². The van der Waals surface area contributed by atoms with Crippen LogP contribution in [-0.4, -0.2) is 35.0 Å².